The minimum absolute atomic E-state index is 0.346. The van der Waals surface area contributed by atoms with Crippen molar-refractivity contribution < 1.29 is 14.6 Å². The Balaban J connectivity index is 0. The summed E-state index contributed by atoms with van der Waals surface area (Å²) in [6.45, 7) is 7.95. The SMILES string of the molecule is CCCCCCCCCCCCCCCCCCCCCC(=O)O.CCOCC. The van der Waals surface area contributed by atoms with E-state index in [1.165, 1.54) is 109 Å². The number of carboxylic acid groups (broad SMARTS) is 1. The molecule has 29 heavy (non-hydrogen) atoms. The number of carbonyl (C=O) groups is 1. The van der Waals surface area contributed by atoms with Crippen LogP contribution in [0, 0.1) is 0 Å². The molecule has 1 N–H and O–H groups in total. The summed E-state index contributed by atoms with van der Waals surface area (Å²) in [4.78, 5) is 10.4. The Morgan fingerprint density at radius 2 is 0.793 bits per heavy atom. The second-order valence-electron chi connectivity index (χ2n) is 8.29. The van der Waals surface area contributed by atoms with Crippen LogP contribution in [0.25, 0.3) is 0 Å². The molecule has 0 spiro atoms. The Morgan fingerprint density at radius 1 is 0.517 bits per heavy atom. The molecule has 0 rings (SSSR count). The van der Waals surface area contributed by atoms with Crippen LogP contribution < -0.4 is 0 Å². The van der Waals surface area contributed by atoms with E-state index in [9.17, 15) is 4.79 Å². The zero-order valence-corrected chi connectivity index (χ0v) is 20.3. The normalized spacial score (nSPS) is 10.6. The molecule has 0 aromatic rings. The van der Waals surface area contributed by atoms with Gasteiger partial charge in [-0.05, 0) is 20.3 Å². The Morgan fingerprint density at radius 3 is 1.00 bits per heavy atom. The molecule has 0 atom stereocenters. The smallest absolute Gasteiger partial charge is 0.303 e. The molecule has 0 aromatic carbocycles. The lowest BCUT2D eigenvalue weighted by Crippen LogP contribution is -1.93. The number of ether oxygens (including phenoxy) is 1. The number of unbranched alkanes of at least 4 members (excludes halogenated alkanes) is 18. The summed E-state index contributed by atoms with van der Waals surface area (Å²) in [7, 11) is 0. The summed E-state index contributed by atoms with van der Waals surface area (Å²) < 4.78 is 4.83. The molecule has 0 saturated carbocycles. The molecule has 0 heterocycles. The van der Waals surface area contributed by atoms with Gasteiger partial charge in [0.05, 0.1) is 0 Å². The maximum absolute atomic E-state index is 10.4. The Hall–Kier alpha value is -0.570. The molecule has 0 aromatic heterocycles. The molecule has 0 fully saturated rings. The molecule has 0 aliphatic rings. The molecule has 0 saturated heterocycles. The number of aliphatic carboxylic acids is 1. The Kier molecular flexibility index (Phi) is 31.3. The summed E-state index contributed by atoms with van der Waals surface area (Å²) in [6, 6.07) is 0. The van der Waals surface area contributed by atoms with E-state index in [0.717, 1.165) is 26.1 Å². The summed E-state index contributed by atoms with van der Waals surface area (Å²) >= 11 is 0. The van der Waals surface area contributed by atoms with E-state index in [1.807, 2.05) is 13.8 Å². The van der Waals surface area contributed by atoms with Crippen LogP contribution in [0.2, 0.25) is 0 Å². The first-order valence-corrected chi connectivity index (χ1v) is 13.0. The van der Waals surface area contributed by atoms with Gasteiger partial charge in [-0.3, -0.25) is 4.79 Å². The van der Waals surface area contributed by atoms with Gasteiger partial charge in [-0.2, -0.15) is 0 Å². The van der Waals surface area contributed by atoms with Crippen molar-refractivity contribution in [2.24, 2.45) is 0 Å². The highest BCUT2D eigenvalue weighted by Gasteiger charge is 1.97. The highest BCUT2D eigenvalue weighted by Crippen LogP contribution is 2.14. The molecule has 0 unspecified atom stereocenters. The zero-order valence-electron chi connectivity index (χ0n) is 20.3. The third-order valence-electron chi connectivity index (χ3n) is 5.40. The van der Waals surface area contributed by atoms with Crippen molar-refractivity contribution in [3.8, 4) is 0 Å². The first-order chi connectivity index (χ1) is 14.2. The molecule has 0 amide bonds. The van der Waals surface area contributed by atoms with E-state index in [0.29, 0.717) is 6.42 Å². The van der Waals surface area contributed by atoms with Crippen LogP contribution in [0.15, 0.2) is 0 Å². The second kappa shape index (κ2) is 29.6. The van der Waals surface area contributed by atoms with Crippen molar-refractivity contribution in [2.75, 3.05) is 13.2 Å². The van der Waals surface area contributed by atoms with Gasteiger partial charge in [0, 0.05) is 19.6 Å². The third kappa shape index (κ3) is 35.3. The number of carboxylic acids is 1. The summed E-state index contributed by atoms with van der Waals surface area (Å²) in [5.41, 5.74) is 0. The summed E-state index contributed by atoms with van der Waals surface area (Å²) in [6.07, 6.45) is 26.1. The third-order valence-corrected chi connectivity index (χ3v) is 5.40. The molecule has 3 heteroatoms. The largest absolute Gasteiger partial charge is 0.481 e. The van der Waals surface area contributed by atoms with Gasteiger partial charge in [-0.15, -0.1) is 0 Å². The fraction of sp³-hybridized carbons (Fsp3) is 0.962. The highest BCUT2D eigenvalue weighted by molar-refractivity contribution is 5.66. The van der Waals surface area contributed by atoms with Crippen LogP contribution in [-0.4, -0.2) is 24.3 Å². The van der Waals surface area contributed by atoms with Crippen molar-refractivity contribution >= 4 is 5.97 Å². The topological polar surface area (TPSA) is 46.5 Å². The Bertz CT molecular complexity index is 290. The molecule has 0 bridgehead atoms. The first-order valence-electron chi connectivity index (χ1n) is 13.0. The molecule has 176 valence electrons. The predicted octanol–water partition coefficient (Wildman–Crippen LogP) is 8.94. The van der Waals surface area contributed by atoms with E-state index in [-0.39, 0.29) is 0 Å². The van der Waals surface area contributed by atoms with E-state index in [1.54, 1.807) is 0 Å². The quantitative estimate of drug-likeness (QED) is 0.180. The van der Waals surface area contributed by atoms with Crippen molar-refractivity contribution in [3.05, 3.63) is 0 Å². The predicted molar refractivity (Wildman–Crippen MR) is 128 cm³/mol. The molecular weight excluding hydrogens is 360 g/mol. The van der Waals surface area contributed by atoms with E-state index >= 15 is 0 Å². The van der Waals surface area contributed by atoms with Crippen molar-refractivity contribution in [3.63, 3.8) is 0 Å². The lowest BCUT2D eigenvalue weighted by molar-refractivity contribution is -0.137. The maximum Gasteiger partial charge on any atom is 0.303 e. The lowest BCUT2D eigenvalue weighted by atomic mass is 10.0. The fourth-order valence-electron chi connectivity index (χ4n) is 3.56. The Labute approximate surface area is 183 Å². The average Bonchev–Trinajstić information content (AvgIpc) is 2.70. The van der Waals surface area contributed by atoms with Crippen molar-refractivity contribution in [2.45, 2.75) is 149 Å². The van der Waals surface area contributed by atoms with E-state index in [4.69, 9.17) is 9.84 Å². The van der Waals surface area contributed by atoms with Crippen LogP contribution in [0.1, 0.15) is 149 Å². The van der Waals surface area contributed by atoms with Crippen molar-refractivity contribution in [1.82, 2.24) is 0 Å². The number of hydrogen-bond acceptors (Lipinski definition) is 2. The average molecular weight is 415 g/mol. The van der Waals surface area contributed by atoms with Crippen LogP contribution in [-0.2, 0) is 9.53 Å². The first kappa shape index (κ1) is 30.6. The van der Waals surface area contributed by atoms with Crippen LogP contribution in [0.3, 0.4) is 0 Å². The minimum atomic E-state index is -0.651. The molecule has 0 aliphatic heterocycles. The van der Waals surface area contributed by atoms with Crippen molar-refractivity contribution in [1.29, 1.82) is 0 Å². The molecular formula is C26H54O3. The van der Waals surface area contributed by atoms with Crippen LogP contribution >= 0.6 is 0 Å². The van der Waals surface area contributed by atoms with Gasteiger partial charge in [-0.1, -0.05) is 122 Å². The van der Waals surface area contributed by atoms with Gasteiger partial charge in [0.15, 0.2) is 0 Å². The minimum Gasteiger partial charge on any atom is -0.481 e. The second-order valence-corrected chi connectivity index (χ2v) is 8.29. The van der Waals surface area contributed by atoms with Gasteiger partial charge in [-0.25, -0.2) is 0 Å². The lowest BCUT2D eigenvalue weighted by Gasteiger charge is -2.03. The zero-order chi connectivity index (χ0) is 21.8. The van der Waals surface area contributed by atoms with E-state index in [2.05, 4.69) is 6.92 Å². The highest BCUT2D eigenvalue weighted by atomic mass is 16.5. The van der Waals surface area contributed by atoms with Gasteiger partial charge >= 0.3 is 5.97 Å². The van der Waals surface area contributed by atoms with Gasteiger partial charge in [0.1, 0.15) is 0 Å². The van der Waals surface area contributed by atoms with Gasteiger partial charge in [0.25, 0.3) is 0 Å². The standard InChI is InChI=1S/C22H44O2.C4H10O/c1-2-3-4-5-6-7-8-9-10-11-12-13-14-15-16-17-18-19-20-21-22(23)24;1-3-5-4-2/h2-21H2,1H3,(H,23,24);3-4H2,1-2H3. The number of hydrogen-bond donors (Lipinski definition) is 1. The monoisotopic (exact) mass is 414 g/mol. The molecule has 0 radical (unpaired) electrons. The van der Waals surface area contributed by atoms with Crippen LogP contribution in [0.4, 0.5) is 0 Å². The van der Waals surface area contributed by atoms with Gasteiger partial charge in [0.2, 0.25) is 0 Å². The fourth-order valence-corrected chi connectivity index (χ4v) is 3.56. The summed E-state index contributed by atoms with van der Waals surface area (Å²) in [5.74, 6) is -0.651. The maximum atomic E-state index is 10.4. The number of rotatable bonds is 22. The van der Waals surface area contributed by atoms with Gasteiger partial charge < -0.3 is 9.84 Å². The molecule has 3 nitrogen and oxygen atoms in total. The summed E-state index contributed by atoms with van der Waals surface area (Å²) in [5, 5.41) is 8.56. The van der Waals surface area contributed by atoms with Crippen LogP contribution in [0.5, 0.6) is 0 Å². The molecule has 0 aliphatic carbocycles. The van der Waals surface area contributed by atoms with E-state index < -0.39 is 5.97 Å².